The van der Waals surface area contributed by atoms with E-state index < -0.39 is 0 Å². The quantitative estimate of drug-likeness (QED) is 0.233. The van der Waals surface area contributed by atoms with Crippen LogP contribution in [-0.4, -0.2) is 19.9 Å². The molecule has 40 heavy (non-hydrogen) atoms. The molecule has 8 aromatic rings. The Morgan fingerprint density at radius 1 is 0.425 bits per heavy atom. The lowest BCUT2D eigenvalue weighted by Crippen LogP contribution is -2.00. The van der Waals surface area contributed by atoms with Crippen LogP contribution in [-0.2, 0) is 0 Å². The topological polar surface area (TPSA) is 77.8 Å². The van der Waals surface area contributed by atoms with Crippen molar-refractivity contribution >= 4 is 33.0 Å². The van der Waals surface area contributed by atoms with Crippen LogP contribution in [0, 0.1) is 0 Å². The molecule has 8 rings (SSSR count). The lowest BCUT2D eigenvalue weighted by molar-refractivity contribution is 0.617. The van der Waals surface area contributed by atoms with Gasteiger partial charge in [0.1, 0.15) is 16.7 Å². The molecule has 5 aromatic carbocycles. The zero-order valence-corrected chi connectivity index (χ0v) is 21.2. The molecule has 0 saturated carbocycles. The summed E-state index contributed by atoms with van der Waals surface area (Å²) in [5.41, 5.74) is 6.51. The number of oxazole rings is 1. The molecule has 0 spiro atoms. The molecule has 3 heterocycles. The van der Waals surface area contributed by atoms with Crippen LogP contribution in [0.3, 0.4) is 0 Å². The van der Waals surface area contributed by atoms with Gasteiger partial charge >= 0.3 is 0 Å². The van der Waals surface area contributed by atoms with Crippen LogP contribution in [0.15, 0.2) is 130 Å². The van der Waals surface area contributed by atoms with Gasteiger partial charge in [0, 0.05) is 39.1 Å². The molecule has 6 nitrogen and oxygen atoms in total. The van der Waals surface area contributed by atoms with Crippen LogP contribution in [0.25, 0.3) is 78.7 Å². The summed E-state index contributed by atoms with van der Waals surface area (Å²) in [6.07, 6.45) is 0. The van der Waals surface area contributed by atoms with Crippen molar-refractivity contribution in [3.05, 3.63) is 121 Å². The fraction of sp³-hybridized carbons (Fsp3) is 0. The highest BCUT2D eigenvalue weighted by Crippen LogP contribution is 2.39. The molecule has 0 fully saturated rings. The largest absolute Gasteiger partial charge is 0.456 e. The van der Waals surface area contributed by atoms with Gasteiger partial charge in [0.25, 0.3) is 0 Å². The van der Waals surface area contributed by atoms with Gasteiger partial charge in [0.15, 0.2) is 23.1 Å². The molecular formula is C34H20N4O2. The summed E-state index contributed by atoms with van der Waals surface area (Å²) >= 11 is 0. The number of rotatable bonds is 4. The first-order chi connectivity index (χ1) is 19.8. The molecule has 0 aliphatic rings. The Balaban J connectivity index is 1.36. The first-order valence-electron chi connectivity index (χ1n) is 13.0. The predicted octanol–water partition coefficient (Wildman–Crippen LogP) is 8.58. The van der Waals surface area contributed by atoms with Gasteiger partial charge in [0.05, 0.1) is 0 Å². The number of furan rings is 1. The van der Waals surface area contributed by atoms with Crippen LogP contribution >= 0.6 is 0 Å². The molecule has 0 saturated heterocycles. The van der Waals surface area contributed by atoms with E-state index in [0.717, 1.165) is 44.1 Å². The molecule has 3 aromatic heterocycles. The van der Waals surface area contributed by atoms with E-state index in [1.54, 1.807) is 0 Å². The molecular weight excluding hydrogens is 496 g/mol. The minimum Gasteiger partial charge on any atom is -0.456 e. The standard InChI is InChI=1S/C34H20N4O2/c1-4-11-21(12-5-1)31-36-32(22-13-6-2-7-14-22)38-33(37-31)24-17-10-18-27-30(24)25-19-26-29(20-28(25)39-27)40-34(35-26)23-15-8-3-9-16-23/h1-20H. The fourth-order valence-corrected chi connectivity index (χ4v) is 5.07. The summed E-state index contributed by atoms with van der Waals surface area (Å²) in [6, 6.07) is 39.7. The van der Waals surface area contributed by atoms with E-state index in [9.17, 15) is 0 Å². The Kier molecular flexibility index (Phi) is 5.03. The fourth-order valence-electron chi connectivity index (χ4n) is 5.07. The maximum atomic E-state index is 6.31. The zero-order chi connectivity index (χ0) is 26.5. The van der Waals surface area contributed by atoms with Crippen molar-refractivity contribution in [2.24, 2.45) is 0 Å². The summed E-state index contributed by atoms with van der Waals surface area (Å²) in [7, 11) is 0. The Morgan fingerprint density at radius 3 is 1.68 bits per heavy atom. The molecule has 0 radical (unpaired) electrons. The lowest BCUT2D eigenvalue weighted by atomic mass is 10.0. The van der Waals surface area contributed by atoms with Gasteiger partial charge in [-0.2, -0.15) is 0 Å². The third-order valence-corrected chi connectivity index (χ3v) is 6.97. The van der Waals surface area contributed by atoms with Crippen molar-refractivity contribution in [3.63, 3.8) is 0 Å². The van der Waals surface area contributed by atoms with Crippen LogP contribution in [0.5, 0.6) is 0 Å². The highest BCUT2D eigenvalue weighted by atomic mass is 16.4. The summed E-state index contributed by atoms with van der Waals surface area (Å²) in [6.45, 7) is 0. The predicted molar refractivity (Wildman–Crippen MR) is 156 cm³/mol. The van der Waals surface area contributed by atoms with Crippen molar-refractivity contribution in [3.8, 4) is 45.6 Å². The maximum Gasteiger partial charge on any atom is 0.227 e. The van der Waals surface area contributed by atoms with Gasteiger partial charge in [-0.05, 0) is 24.3 Å². The van der Waals surface area contributed by atoms with Gasteiger partial charge in [-0.25, -0.2) is 19.9 Å². The second kappa shape index (κ2) is 8.99. The Morgan fingerprint density at radius 2 is 1.02 bits per heavy atom. The van der Waals surface area contributed by atoms with E-state index in [4.69, 9.17) is 28.8 Å². The smallest absolute Gasteiger partial charge is 0.227 e. The van der Waals surface area contributed by atoms with Crippen LogP contribution in [0.2, 0.25) is 0 Å². The molecule has 0 atom stereocenters. The molecule has 188 valence electrons. The number of hydrogen-bond donors (Lipinski definition) is 0. The number of hydrogen-bond acceptors (Lipinski definition) is 6. The van der Waals surface area contributed by atoms with Crippen LogP contribution in [0.4, 0.5) is 0 Å². The van der Waals surface area contributed by atoms with Gasteiger partial charge < -0.3 is 8.83 Å². The Hall–Kier alpha value is -5.62. The summed E-state index contributed by atoms with van der Waals surface area (Å²) in [4.78, 5) is 19.5. The highest BCUT2D eigenvalue weighted by Gasteiger charge is 2.19. The highest BCUT2D eigenvalue weighted by molar-refractivity contribution is 6.14. The second-order valence-electron chi connectivity index (χ2n) is 9.52. The molecule has 0 aliphatic carbocycles. The number of aromatic nitrogens is 4. The van der Waals surface area contributed by atoms with Crippen molar-refractivity contribution < 1.29 is 8.83 Å². The maximum absolute atomic E-state index is 6.31. The van der Waals surface area contributed by atoms with Crippen molar-refractivity contribution in [2.45, 2.75) is 0 Å². The summed E-state index contributed by atoms with van der Waals surface area (Å²) < 4.78 is 12.4. The first kappa shape index (κ1) is 22.4. The molecule has 0 unspecified atom stereocenters. The van der Waals surface area contributed by atoms with E-state index in [0.29, 0.717) is 34.5 Å². The van der Waals surface area contributed by atoms with Gasteiger partial charge in [-0.1, -0.05) is 91.0 Å². The Labute approximate surface area is 228 Å². The van der Waals surface area contributed by atoms with Crippen molar-refractivity contribution in [2.75, 3.05) is 0 Å². The average molecular weight is 517 g/mol. The summed E-state index contributed by atoms with van der Waals surface area (Å²) in [5.74, 6) is 2.37. The zero-order valence-electron chi connectivity index (χ0n) is 21.2. The average Bonchev–Trinajstić information content (AvgIpc) is 3.61. The van der Waals surface area contributed by atoms with Crippen LogP contribution in [0.1, 0.15) is 0 Å². The van der Waals surface area contributed by atoms with Crippen molar-refractivity contribution in [1.29, 1.82) is 0 Å². The normalized spacial score (nSPS) is 11.5. The molecule has 0 bridgehead atoms. The van der Waals surface area contributed by atoms with Gasteiger partial charge in [0.2, 0.25) is 5.89 Å². The first-order valence-corrected chi connectivity index (χ1v) is 13.0. The number of fused-ring (bicyclic) bond motifs is 4. The van der Waals surface area contributed by atoms with E-state index in [2.05, 4.69) is 0 Å². The SMILES string of the molecule is c1ccc(-c2nc(-c3ccccc3)nc(-c3cccc4oc5cc6oc(-c7ccccc7)nc6cc5c34)n2)cc1. The van der Waals surface area contributed by atoms with E-state index >= 15 is 0 Å². The second-order valence-corrected chi connectivity index (χ2v) is 9.52. The number of benzene rings is 5. The molecule has 0 aliphatic heterocycles. The molecule has 6 heteroatoms. The third-order valence-electron chi connectivity index (χ3n) is 6.97. The van der Waals surface area contributed by atoms with E-state index in [-0.39, 0.29) is 0 Å². The molecule has 0 amide bonds. The number of nitrogens with zero attached hydrogens (tertiary/aromatic N) is 4. The molecule has 0 N–H and O–H groups in total. The monoisotopic (exact) mass is 516 g/mol. The lowest BCUT2D eigenvalue weighted by Gasteiger charge is -2.09. The minimum atomic E-state index is 0.574. The van der Waals surface area contributed by atoms with Crippen molar-refractivity contribution in [1.82, 2.24) is 19.9 Å². The Bertz CT molecular complexity index is 2090. The summed E-state index contributed by atoms with van der Waals surface area (Å²) in [5, 5.41) is 1.85. The van der Waals surface area contributed by atoms with E-state index in [1.807, 2.05) is 121 Å². The minimum absolute atomic E-state index is 0.574. The van der Waals surface area contributed by atoms with Gasteiger partial charge in [-0.3, -0.25) is 0 Å². The third kappa shape index (κ3) is 3.74. The van der Waals surface area contributed by atoms with Crippen LogP contribution < -0.4 is 0 Å². The van der Waals surface area contributed by atoms with Gasteiger partial charge in [-0.15, -0.1) is 0 Å². The van der Waals surface area contributed by atoms with E-state index in [1.165, 1.54) is 0 Å².